The molecule has 2 nitrogen and oxygen atoms in total. The van der Waals surface area contributed by atoms with Gasteiger partial charge in [-0.15, -0.1) is 6.67 Å². The maximum absolute atomic E-state index is 5.40. The van der Waals surface area contributed by atoms with Crippen LogP contribution in [0.1, 0.15) is 58.2 Å². The van der Waals surface area contributed by atoms with Crippen molar-refractivity contribution < 1.29 is 17.0 Å². The second kappa shape index (κ2) is 13.4. The first-order valence-electron chi connectivity index (χ1n) is 15.4. The van der Waals surface area contributed by atoms with Gasteiger partial charge in [0.25, 0.3) is 0 Å². The molecule has 1 aliphatic heterocycles. The van der Waals surface area contributed by atoms with Gasteiger partial charge < -0.3 is 17.3 Å². The molecular formula is C37H50Cl2N2SiTi-2. The standard InChI is InChI=1S/C36H47N2Si.CH3.2ClH.Ti/c1-35(2,3)25-20-24(21-26(22-25)36(4,5)6)27-18-13-19-32-33(27)37-23-38(32)39(7,8)34-30-16-11-9-14-28(30)29-15-10-12-17-31(29)34;;;;/h9-22,28-34H,23H2,1-8H3;1H3;2*1H;/q2*-1;;;+2/p-2/t28?,29?,30?,31?,32-,33?,34?;;;;/m1..../s1. The Morgan fingerprint density at radius 2 is 1.21 bits per heavy atom. The SMILES string of the molecule is CC(C)(C)c1cc(C2=CC=C[C@@H]3C2[N-]CN3[Si](C)(C)C2C3C=CC=CC3C3C=CC=CC32)cc(C(C)(C)C)c1.[CH3-].[Cl][Ti][Cl]. The first kappa shape index (κ1) is 35.0. The summed E-state index contributed by atoms with van der Waals surface area (Å²) in [5.74, 6) is 2.50. The van der Waals surface area contributed by atoms with Gasteiger partial charge in [0.1, 0.15) is 8.24 Å². The van der Waals surface area contributed by atoms with Crippen LogP contribution in [0.2, 0.25) is 18.6 Å². The number of hydrogen-bond donors (Lipinski definition) is 0. The molecule has 6 atom stereocenters. The molecule has 1 heterocycles. The van der Waals surface area contributed by atoms with Crippen LogP contribution in [-0.2, 0) is 27.9 Å². The zero-order valence-corrected chi connectivity index (χ0v) is 31.6. The molecule has 0 bridgehead atoms. The Kier molecular flexibility index (Phi) is 10.9. The van der Waals surface area contributed by atoms with Crippen molar-refractivity contribution in [2.45, 2.75) is 83.1 Å². The molecule has 2 fully saturated rings. The first-order valence-corrected chi connectivity index (χ1v) is 22.8. The van der Waals surface area contributed by atoms with Crippen LogP contribution in [0.3, 0.4) is 0 Å². The average molecular weight is 670 g/mol. The molecule has 0 spiro atoms. The number of allylic oxidation sites excluding steroid dienone is 10. The van der Waals surface area contributed by atoms with E-state index in [1.807, 2.05) is 0 Å². The quantitative estimate of drug-likeness (QED) is 0.231. The molecule has 5 unspecified atom stereocenters. The molecule has 0 radical (unpaired) electrons. The molecular weight excluding hydrogens is 619 g/mol. The van der Waals surface area contributed by atoms with Crippen LogP contribution in [0.5, 0.6) is 0 Å². The number of halogens is 2. The Morgan fingerprint density at radius 3 is 1.67 bits per heavy atom. The molecule has 1 aromatic carbocycles. The van der Waals surface area contributed by atoms with Crippen molar-refractivity contribution in [3.05, 3.63) is 114 Å². The third-order valence-corrected chi connectivity index (χ3v) is 14.6. The van der Waals surface area contributed by atoms with E-state index in [1.54, 1.807) is 0 Å². The van der Waals surface area contributed by atoms with Crippen LogP contribution >= 0.6 is 18.6 Å². The van der Waals surface area contributed by atoms with Gasteiger partial charge in [-0.05, 0) is 56.7 Å². The summed E-state index contributed by atoms with van der Waals surface area (Å²) in [6.07, 6.45) is 26.3. The van der Waals surface area contributed by atoms with E-state index in [0.29, 0.717) is 35.3 Å². The summed E-state index contributed by atoms with van der Waals surface area (Å²) in [6.45, 7) is 20.1. The average Bonchev–Trinajstić information content (AvgIpc) is 3.53. The van der Waals surface area contributed by atoms with Crippen LogP contribution in [0.15, 0.2) is 85.0 Å². The Balaban J connectivity index is 0.00000102. The molecule has 0 amide bonds. The Morgan fingerprint density at radius 1 is 0.744 bits per heavy atom. The number of hydrogen-bond acceptors (Lipinski definition) is 1. The fraction of sp³-hybridized carbons (Fsp3) is 0.486. The van der Waals surface area contributed by atoms with Gasteiger partial charge >= 0.3 is 35.6 Å². The monoisotopic (exact) mass is 668 g/mol. The predicted octanol–water partition coefficient (Wildman–Crippen LogP) is 10.8. The predicted molar refractivity (Wildman–Crippen MR) is 188 cm³/mol. The summed E-state index contributed by atoms with van der Waals surface area (Å²) in [7, 11) is 7.89. The van der Waals surface area contributed by atoms with Gasteiger partial charge in [0.15, 0.2) is 0 Å². The van der Waals surface area contributed by atoms with Crippen molar-refractivity contribution in [1.82, 2.24) is 4.57 Å². The molecule has 1 saturated carbocycles. The third-order valence-electron chi connectivity index (χ3n) is 10.3. The van der Waals surface area contributed by atoms with Gasteiger partial charge in [0.05, 0.1) is 0 Å². The first-order chi connectivity index (χ1) is 19.8. The van der Waals surface area contributed by atoms with Gasteiger partial charge in [0.2, 0.25) is 0 Å². The zero-order valence-electron chi connectivity index (χ0n) is 27.5. The normalized spacial score (nSPS) is 30.9. The van der Waals surface area contributed by atoms with Gasteiger partial charge in [-0.25, -0.2) is 0 Å². The molecule has 6 rings (SSSR count). The summed E-state index contributed by atoms with van der Waals surface area (Å²) in [6, 6.07) is 7.89. The minimum absolute atomic E-state index is 0. The Hall–Kier alpha value is -0.909. The van der Waals surface area contributed by atoms with Crippen LogP contribution < -0.4 is 0 Å². The third kappa shape index (κ3) is 6.80. The Bertz CT molecular complexity index is 1280. The molecule has 1 saturated heterocycles. The van der Waals surface area contributed by atoms with Crippen molar-refractivity contribution in [3.63, 3.8) is 0 Å². The fourth-order valence-corrected chi connectivity index (χ4v) is 12.4. The summed E-state index contributed by atoms with van der Waals surface area (Å²) < 4.78 is 2.86. The van der Waals surface area contributed by atoms with Crippen molar-refractivity contribution in [1.29, 1.82) is 0 Å². The van der Waals surface area contributed by atoms with Crippen LogP contribution in [0.25, 0.3) is 10.9 Å². The number of fused-ring (bicyclic) bond motifs is 4. The van der Waals surface area contributed by atoms with E-state index in [0.717, 1.165) is 6.67 Å². The summed E-state index contributed by atoms with van der Waals surface area (Å²) in [4.78, 5) is 0. The molecule has 232 valence electrons. The molecule has 1 aromatic rings. The van der Waals surface area contributed by atoms with Crippen molar-refractivity contribution in [2.24, 2.45) is 23.7 Å². The van der Waals surface area contributed by atoms with Crippen LogP contribution in [-0.4, -0.2) is 31.6 Å². The molecule has 6 heteroatoms. The van der Waals surface area contributed by atoms with E-state index in [4.69, 9.17) is 23.9 Å². The van der Waals surface area contributed by atoms with E-state index in [-0.39, 0.29) is 24.3 Å². The van der Waals surface area contributed by atoms with Gasteiger partial charge in [0, 0.05) is 6.04 Å². The second-order valence-electron chi connectivity index (χ2n) is 15.1. The zero-order chi connectivity index (χ0) is 30.4. The van der Waals surface area contributed by atoms with E-state index in [1.165, 1.54) is 22.3 Å². The van der Waals surface area contributed by atoms with E-state index in [2.05, 4.69) is 144 Å². The molecule has 5 aliphatic rings. The van der Waals surface area contributed by atoms with Crippen LogP contribution in [0.4, 0.5) is 0 Å². The second-order valence-corrected chi connectivity index (χ2v) is 22.3. The van der Waals surface area contributed by atoms with Crippen molar-refractivity contribution in [2.75, 3.05) is 6.67 Å². The Labute approximate surface area is 280 Å². The van der Waals surface area contributed by atoms with Crippen LogP contribution in [0, 0.1) is 31.1 Å². The van der Waals surface area contributed by atoms with Gasteiger partial charge in [-0.3, -0.25) is 0 Å². The number of nitrogens with zero attached hydrogens (tertiary/aromatic N) is 2. The van der Waals surface area contributed by atoms with E-state index < -0.39 is 25.3 Å². The fourth-order valence-electron chi connectivity index (χ4n) is 8.07. The van der Waals surface area contributed by atoms with Crippen molar-refractivity contribution in [3.8, 4) is 0 Å². The van der Waals surface area contributed by atoms with E-state index >= 15 is 0 Å². The maximum atomic E-state index is 5.40. The molecule has 43 heavy (non-hydrogen) atoms. The number of rotatable bonds is 3. The van der Waals surface area contributed by atoms with E-state index in [9.17, 15) is 0 Å². The topological polar surface area (TPSA) is 17.3 Å². The van der Waals surface area contributed by atoms with Crippen molar-refractivity contribution >= 4 is 32.4 Å². The minimum atomic E-state index is -1.88. The van der Waals surface area contributed by atoms with Gasteiger partial charge in [-0.1, -0.05) is 151 Å². The summed E-state index contributed by atoms with van der Waals surface area (Å²) >= 11 is -0.556. The summed E-state index contributed by atoms with van der Waals surface area (Å²) in [5.41, 5.74) is 6.48. The summed E-state index contributed by atoms with van der Waals surface area (Å²) in [5, 5.41) is 5.40. The van der Waals surface area contributed by atoms with Gasteiger partial charge in [-0.2, -0.15) is 0 Å². The molecule has 0 aromatic heterocycles. The molecule has 4 aliphatic carbocycles. The molecule has 0 N–H and O–H groups in total. The number of benzene rings is 1.